The van der Waals surface area contributed by atoms with E-state index in [9.17, 15) is 0 Å². The molecule has 0 aliphatic heterocycles. The molecule has 0 heterocycles. The van der Waals surface area contributed by atoms with Gasteiger partial charge in [-0.3, -0.25) is 0 Å². The van der Waals surface area contributed by atoms with Gasteiger partial charge >= 0.3 is 0 Å². The molecule has 24 heavy (non-hydrogen) atoms. The van der Waals surface area contributed by atoms with Gasteiger partial charge in [0.1, 0.15) is 0 Å². The Morgan fingerprint density at radius 3 is 1.92 bits per heavy atom. The molecule has 0 saturated heterocycles. The Morgan fingerprint density at radius 1 is 0.750 bits per heavy atom. The van der Waals surface area contributed by atoms with Crippen LogP contribution < -0.4 is 0 Å². The highest BCUT2D eigenvalue weighted by Crippen LogP contribution is 2.76. The van der Waals surface area contributed by atoms with Crippen molar-refractivity contribution in [3.8, 4) is 0 Å². The molecule has 1 aromatic rings. The van der Waals surface area contributed by atoms with Crippen LogP contribution in [0.25, 0.3) is 12.2 Å². The maximum Gasteiger partial charge on any atom is 0.00182 e. The van der Waals surface area contributed by atoms with Crippen molar-refractivity contribution in [2.45, 2.75) is 43.9 Å². The van der Waals surface area contributed by atoms with Gasteiger partial charge in [0.25, 0.3) is 0 Å². The minimum atomic E-state index is 0.501. The fourth-order valence-electron chi connectivity index (χ4n) is 8.68. The minimum Gasteiger partial charge on any atom is -0.0985 e. The second-order valence-corrected chi connectivity index (χ2v) is 9.66. The third-order valence-corrected chi connectivity index (χ3v) is 9.06. The third-order valence-electron chi connectivity index (χ3n) is 9.06. The smallest absolute Gasteiger partial charge is 0.00182 e. The Balaban J connectivity index is 1.57. The fraction of sp³-hybridized carbons (Fsp3) is 0.583. The Bertz CT molecular complexity index is 690. The first-order valence-electron chi connectivity index (χ1n) is 10.1. The Kier molecular flexibility index (Phi) is 2.58. The maximum absolute atomic E-state index is 4.05. The lowest BCUT2D eigenvalue weighted by molar-refractivity contribution is -0.220. The van der Waals surface area contributed by atoms with Crippen LogP contribution in [0.3, 0.4) is 0 Å². The Labute approximate surface area is 146 Å². The molecular formula is C24H28. The van der Waals surface area contributed by atoms with Crippen LogP contribution in [0.4, 0.5) is 0 Å². The molecule has 7 saturated carbocycles. The Hall–Kier alpha value is -1.30. The van der Waals surface area contributed by atoms with E-state index in [1.165, 1.54) is 30.4 Å². The first-order valence-corrected chi connectivity index (χ1v) is 10.1. The minimum absolute atomic E-state index is 0.501. The van der Waals surface area contributed by atoms with Crippen LogP contribution in [0, 0.1) is 41.4 Å². The van der Waals surface area contributed by atoms with Crippen molar-refractivity contribution in [3.63, 3.8) is 0 Å². The van der Waals surface area contributed by atoms with Crippen LogP contribution in [0.5, 0.6) is 0 Å². The summed E-state index contributed by atoms with van der Waals surface area (Å²) >= 11 is 0. The van der Waals surface area contributed by atoms with Crippen molar-refractivity contribution in [2.24, 2.45) is 41.4 Å². The zero-order valence-electron chi connectivity index (χ0n) is 14.6. The quantitative estimate of drug-likeness (QED) is 0.648. The SMILES string of the molecule is C=Cc1cc(C=C)cc(C23CC4CC5C6CC(CC52)CC3C6C4)c1. The summed E-state index contributed by atoms with van der Waals surface area (Å²) in [6.07, 6.45) is 13.3. The summed E-state index contributed by atoms with van der Waals surface area (Å²) in [6.45, 7) is 8.10. The monoisotopic (exact) mass is 316 g/mol. The van der Waals surface area contributed by atoms with Crippen LogP contribution in [0.15, 0.2) is 31.4 Å². The molecule has 0 spiro atoms. The van der Waals surface area contributed by atoms with Gasteiger partial charge in [0.2, 0.25) is 0 Å². The van der Waals surface area contributed by atoms with E-state index in [0.29, 0.717) is 5.41 Å². The van der Waals surface area contributed by atoms with Crippen LogP contribution in [-0.2, 0) is 5.41 Å². The average Bonchev–Trinajstić information content (AvgIpc) is 2.64. The third kappa shape index (κ3) is 1.48. The maximum atomic E-state index is 4.05. The van der Waals surface area contributed by atoms with E-state index >= 15 is 0 Å². The van der Waals surface area contributed by atoms with E-state index in [4.69, 9.17) is 0 Å². The molecule has 4 unspecified atom stereocenters. The van der Waals surface area contributed by atoms with Gasteiger partial charge in [-0.15, -0.1) is 0 Å². The zero-order chi connectivity index (χ0) is 16.1. The summed E-state index contributed by atoms with van der Waals surface area (Å²) in [7, 11) is 0. The van der Waals surface area contributed by atoms with Gasteiger partial charge in [0.15, 0.2) is 0 Å². The highest BCUT2D eigenvalue weighted by molar-refractivity contribution is 5.59. The predicted molar refractivity (Wildman–Crippen MR) is 100 cm³/mol. The number of hydrogen-bond acceptors (Lipinski definition) is 0. The van der Waals surface area contributed by atoms with E-state index in [1.807, 2.05) is 12.2 Å². The van der Waals surface area contributed by atoms with Gasteiger partial charge in [0.05, 0.1) is 0 Å². The number of benzene rings is 1. The van der Waals surface area contributed by atoms with Crippen LogP contribution in [-0.4, -0.2) is 0 Å². The normalized spacial score (nSPS) is 49.6. The largest absolute Gasteiger partial charge is 0.0985 e. The average molecular weight is 316 g/mol. The van der Waals surface area contributed by atoms with Gasteiger partial charge in [-0.25, -0.2) is 0 Å². The molecule has 4 atom stereocenters. The second kappa shape index (κ2) is 4.45. The van der Waals surface area contributed by atoms with E-state index < -0.39 is 0 Å². The van der Waals surface area contributed by atoms with Gasteiger partial charge in [0, 0.05) is 5.41 Å². The molecular weight excluding hydrogens is 288 g/mol. The summed E-state index contributed by atoms with van der Waals surface area (Å²) in [6, 6.07) is 7.23. The van der Waals surface area contributed by atoms with Gasteiger partial charge in [-0.05, 0) is 103 Å². The highest BCUT2D eigenvalue weighted by atomic mass is 14.7. The van der Waals surface area contributed by atoms with Crippen LogP contribution in [0.1, 0.15) is 55.2 Å². The van der Waals surface area contributed by atoms with Crippen molar-refractivity contribution in [1.29, 1.82) is 0 Å². The summed E-state index contributed by atoms with van der Waals surface area (Å²) < 4.78 is 0. The zero-order valence-corrected chi connectivity index (χ0v) is 14.6. The molecule has 0 N–H and O–H groups in total. The first-order chi connectivity index (χ1) is 11.7. The van der Waals surface area contributed by atoms with Crippen molar-refractivity contribution in [3.05, 3.63) is 48.0 Å². The predicted octanol–water partition coefficient (Wildman–Crippen LogP) is 5.93. The summed E-state index contributed by atoms with van der Waals surface area (Å²) in [5.41, 5.74) is 4.74. The molecule has 7 aliphatic rings. The van der Waals surface area contributed by atoms with E-state index in [0.717, 1.165) is 41.4 Å². The van der Waals surface area contributed by atoms with Crippen LogP contribution in [0.2, 0.25) is 0 Å². The molecule has 0 radical (unpaired) electrons. The molecule has 7 aliphatic carbocycles. The molecule has 1 aromatic carbocycles. The van der Waals surface area contributed by atoms with Gasteiger partial charge in [-0.1, -0.05) is 37.4 Å². The molecule has 124 valence electrons. The second-order valence-electron chi connectivity index (χ2n) is 9.66. The highest BCUT2D eigenvalue weighted by Gasteiger charge is 2.70. The van der Waals surface area contributed by atoms with E-state index in [1.54, 1.807) is 24.8 Å². The van der Waals surface area contributed by atoms with Crippen molar-refractivity contribution >= 4 is 12.2 Å². The van der Waals surface area contributed by atoms with Crippen LogP contribution >= 0.6 is 0 Å². The molecule has 0 nitrogen and oxygen atoms in total. The summed E-state index contributed by atoms with van der Waals surface area (Å²) in [4.78, 5) is 0. The fourth-order valence-corrected chi connectivity index (χ4v) is 8.68. The van der Waals surface area contributed by atoms with Gasteiger partial charge in [-0.2, -0.15) is 0 Å². The lowest BCUT2D eigenvalue weighted by Gasteiger charge is -2.74. The van der Waals surface area contributed by atoms with Crippen molar-refractivity contribution in [2.75, 3.05) is 0 Å². The summed E-state index contributed by atoms with van der Waals surface area (Å²) in [5.74, 6) is 7.22. The summed E-state index contributed by atoms with van der Waals surface area (Å²) in [5, 5.41) is 0. The number of rotatable bonds is 3. The molecule has 0 aromatic heterocycles. The molecule has 7 fully saturated rings. The van der Waals surface area contributed by atoms with E-state index in [-0.39, 0.29) is 0 Å². The van der Waals surface area contributed by atoms with Crippen molar-refractivity contribution < 1.29 is 0 Å². The van der Waals surface area contributed by atoms with Crippen molar-refractivity contribution in [1.82, 2.24) is 0 Å². The molecule has 8 rings (SSSR count). The van der Waals surface area contributed by atoms with Gasteiger partial charge < -0.3 is 0 Å². The first kappa shape index (κ1) is 13.9. The topological polar surface area (TPSA) is 0 Å². The Morgan fingerprint density at radius 2 is 1.33 bits per heavy atom. The molecule has 8 bridgehead atoms. The van der Waals surface area contributed by atoms with E-state index in [2.05, 4.69) is 31.4 Å². The lowest BCUT2D eigenvalue weighted by Crippen LogP contribution is -2.69. The standard InChI is InChI=1S/C24H28/c1-3-14-5-15(4-2)7-18(6-14)24-13-17-9-20-19-8-16(11-22(20)24)12-23(24)21(19)10-17/h3-7,16-17,19-23H,1-2,8-13H2. The molecule has 0 heteroatoms. The lowest BCUT2D eigenvalue weighted by atomic mass is 9.30. The molecule has 0 amide bonds. The number of hydrogen-bond donors (Lipinski definition) is 0.